The van der Waals surface area contributed by atoms with E-state index in [0.717, 1.165) is 28.0 Å². The zero-order valence-electron chi connectivity index (χ0n) is 21.2. The second kappa shape index (κ2) is 12.9. The minimum atomic E-state index is -0.609. The standard InChI is InChI=1S/C29H36O5/c1-19(13-14-24-21(3)18-28(33-6)23(5)22(24)4)9-7-10-20(2)17-29(32)34-16-15-25-26(30)11-8-12-27(25)31/h7,9-10,13-14,17-18,25H,8,11-12,15-16H2,1-6H3. The molecule has 0 radical (unpaired) electrons. The van der Waals surface area contributed by atoms with Crippen LogP contribution in [0.2, 0.25) is 0 Å². The molecule has 0 atom stereocenters. The maximum Gasteiger partial charge on any atom is 0.331 e. The molecule has 0 aromatic heterocycles. The van der Waals surface area contributed by atoms with Crippen molar-refractivity contribution in [2.45, 2.75) is 60.3 Å². The predicted molar refractivity (Wildman–Crippen MR) is 136 cm³/mol. The molecule has 5 nitrogen and oxygen atoms in total. The molecule has 1 aromatic carbocycles. The third-order valence-corrected chi connectivity index (χ3v) is 6.18. The number of aryl methyl sites for hydroxylation is 1. The van der Waals surface area contributed by atoms with Crippen molar-refractivity contribution in [2.24, 2.45) is 5.92 Å². The summed E-state index contributed by atoms with van der Waals surface area (Å²) < 4.78 is 10.6. The van der Waals surface area contributed by atoms with Crippen molar-refractivity contribution >= 4 is 23.6 Å². The van der Waals surface area contributed by atoms with E-state index in [9.17, 15) is 14.4 Å². The third kappa shape index (κ3) is 7.68. The summed E-state index contributed by atoms with van der Waals surface area (Å²) in [6.07, 6.45) is 13.1. The summed E-state index contributed by atoms with van der Waals surface area (Å²) in [5.41, 5.74) is 6.50. The number of carbonyl (C=O) groups is 3. The molecular weight excluding hydrogens is 428 g/mol. The van der Waals surface area contributed by atoms with Crippen molar-refractivity contribution in [3.8, 4) is 5.75 Å². The average molecular weight is 465 g/mol. The summed E-state index contributed by atoms with van der Waals surface area (Å²) >= 11 is 0. The smallest absolute Gasteiger partial charge is 0.331 e. The van der Waals surface area contributed by atoms with Gasteiger partial charge in [0, 0.05) is 18.9 Å². The fourth-order valence-electron chi connectivity index (χ4n) is 4.00. The van der Waals surface area contributed by atoms with E-state index in [2.05, 4.69) is 39.0 Å². The highest BCUT2D eigenvalue weighted by atomic mass is 16.5. The van der Waals surface area contributed by atoms with Gasteiger partial charge in [0.2, 0.25) is 0 Å². The molecule has 0 aliphatic heterocycles. The van der Waals surface area contributed by atoms with Gasteiger partial charge in [-0.25, -0.2) is 4.79 Å². The predicted octanol–water partition coefficient (Wildman–Crippen LogP) is 5.95. The number of benzene rings is 1. The zero-order valence-corrected chi connectivity index (χ0v) is 21.2. The maximum absolute atomic E-state index is 12.0. The van der Waals surface area contributed by atoms with Crippen molar-refractivity contribution in [3.05, 3.63) is 69.8 Å². The van der Waals surface area contributed by atoms with E-state index in [1.807, 2.05) is 32.1 Å². The number of methoxy groups -OCH3 is 1. The molecule has 2 rings (SSSR count). The van der Waals surface area contributed by atoms with Crippen LogP contribution in [0.25, 0.3) is 6.08 Å². The van der Waals surface area contributed by atoms with Crippen molar-refractivity contribution in [1.82, 2.24) is 0 Å². The Morgan fingerprint density at radius 1 is 1.03 bits per heavy atom. The van der Waals surface area contributed by atoms with Gasteiger partial charge in [-0.2, -0.15) is 0 Å². The van der Waals surface area contributed by atoms with Crippen LogP contribution in [-0.4, -0.2) is 31.3 Å². The van der Waals surface area contributed by atoms with Gasteiger partial charge in [-0.3, -0.25) is 9.59 Å². The Kier molecular flexibility index (Phi) is 10.2. The highest BCUT2D eigenvalue weighted by Crippen LogP contribution is 2.28. The van der Waals surface area contributed by atoms with Gasteiger partial charge >= 0.3 is 5.97 Å². The number of esters is 1. The van der Waals surface area contributed by atoms with Crippen LogP contribution in [0.5, 0.6) is 5.75 Å². The second-order valence-corrected chi connectivity index (χ2v) is 8.85. The lowest BCUT2D eigenvalue weighted by Crippen LogP contribution is -2.29. The van der Waals surface area contributed by atoms with Gasteiger partial charge in [0.25, 0.3) is 0 Å². The first-order chi connectivity index (χ1) is 16.1. The molecule has 0 heterocycles. The van der Waals surface area contributed by atoms with Crippen LogP contribution >= 0.6 is 0 Å². The van der Waals surface area contributed by atoms with Gasteiger partial charge in [0.15, 0.2) is 0 Å². The SMILES string of the molecule is COc1cc(C)c(C=CC(C)=CC=CC(C)=CC(=O)OCCC2C(=O)CCCC2=O)c(C)c1C. The van der Waals surface area contributed by atoms with Gasteiger partial charge < -0.3 is 9.47 Å². The minimum absolute atomic E-state index is 0.0365. The summed E-state index contributed by atoms with van der Waals surface area (Å²) in [6, 6.07) is 2.05. The first-order valence-electron chi connectivity index (χ1n) is 11.7. The molecule has 0 spiro atoms. The van der Waals surface area contributed by atoms with Gasteiger partial charge in [-0.15, -0.1) is 0 Å². The number of rotatable bonds is 9. The minimum Gasteiger partial charge on any atom is -0.496 e. The Balaban J connectivity index is 1.90. The van der Waals surface area contributed by atoms with Gasteiger partial charge in [0.1, 0.15) is 17.3 Å². The Morgan fingerprint density at radius 2 is 1.71 bits per heavy atom. The molecule has 0 N–H and O–H groups in total. The molecule has 0 unspecified atom stereocenters. The molecule has 0 amide bonds. The van der Waals surface area contributed by atoms with Gasteiger partial charge in [-0.1, -0.05) is 36.0 Å². The number of allylic oxidation sites excluding steroid dienone is 6. The Labute approximate surface area is 203 Å². The number of hydrogen-bond acceptors (Lipinski definition) is 5. The molecule has 0 saturated heterocycles. The van der Waals surface area contributed by atoms with Gasteiger partial charge in [0.05, 0.1) is 19.6 Å². The van der Waals surface area contributed by atoms with Crippen LogP contribution in [-0.2, 0) is 19.1 Å². The monoisotopic (exact) mass is 464 g/mol. The molecule has 1 aliphatic carbocycles. The second-order valence-electron chi connectivity index (χ2n) is 8.85. The van der Waals surface area contributed by atoms with E-state index in [4.69, 9.17) is 9.47 Å². The van der Waals surface area contributed by atoms with E-state index >= 15 is 0 Å². The highest BCUT2D eigenvalue weighted by Gasteiger charge is 2.29. The zero-order chi connectivity index (χ0) is 25.3. The van der Waals surface area contributed by atoms with Crippen LogP contribution < -0.4 is 4.74 Å². The third-order valence-electron chi connectivity index (χ3n) is 6.18. The Hall–Kier alpha value is -3.21. The van der Waals surface area contributed by atoms with Crippen LogP contribution in [0.1, 0.15) is 61.8 Å². The topological polar surface area (TPSA) is 69.7 Å². The molecule has 0 bridgehead atoms. The average Bonchev–Trinajstić information content (AvgIpc) is 2.78. The summed E-state index contributed by atoms with van der Waals surface area (Å²) in [5, 5.41) is 0. The fraction of sp³-hybridized carbons (Fsp3) is 0.414. The van der Waals surface area contributed by atoms with Crippen LogP contribution in [0.3, 0.4) is 0 Å². The molecule has 1 fully saturated rings. The summed E-state index contributed by atoms with van der Waals surface area (Å²) in [4.78, 5) is 35.7. The van der Waals surface area contributed by atoms with Crippen molar-refractivity contribution in [2.75, 3.05) is 13.7 Å². The number of Topliss-reactive ketones (excluding diaryl/α,β-unsaturated/α-hetero) is 2. The lowest BCUT2D eigenvalue weighted by molar-refractivity contribution is -0.142. The highest BCUT2D eigenvalue weighted by molar-refractivity contribution is 6.04. The van der Waals surface area contributed by atoms with E-state index in [-0.39, 0.29) is 24.6 Å². The van der Waals surface area contributed by atoms with Crippen LogP contribution in [0, 0.1) is 26.7 Å². The van der Waals surface area contributed by atoms with E-state index in [1.165, 1.54) is 17.2 Å². The first kappa shape index (κ1) is 27.0. The lowest BCUT2D eigenvalue weighted by Gasteiger charge is -2.18. The van der Waals surface area contributed by atoms with Crippen molar-refractivity contribution in [1.29, 1.82) is 0 Å². The van der Waals surface area contributed by atoms with E-state index in [1.54, 1.807) is 7.11 Å². The van der Waals surface area contributed by atoms with Crippen molar-refractivity contribution in [3.63, 3.8) is 0 Å². The van der Waals surface area contributed by atoms with E-state index < -0.39 is 11.9 Å². The summed E-state index contributed by atoms with van der Waals surface area (Å²) in [6.45, 7) is 10.1. The normalized spacial score (nSPS) is 16.1. The van der Waals surface area contributed by atoms with Crippen molar-refractivity contribution < 1.29 is 23.9 Å². The molecule has 182 valence electrons. The number of carbonyl (C=O) groups excluding carboxylic acids is 3. The maximum atomic E-state index is 12.0. The Bertz CT molecular complexity index is 1040. The first-order valence-corrected chi connectivity index (χ1v) is 11.7. The molecule has 1 aromatic rings. The fourth-order valence-corrected chi connectivity index (χ4v) is 4.00. The lowest BCUT2D eigenvalue weighted by atomic mass is 9.85. The quantitative estimate of drug-likeness (QED) is 0.195. The number of hydrogen-bond donors (Lipinski definition) is 0. The molecule has 1 saturated carbocycles. The number of ether oxygens (including phenoxy) is 2. The Morgan fingerprint density at radius 3 is 2.35 bits per heavy atom. The molecule has 5 heteroatoms. The number of ketones is 2. The molecule has 34 heavy (non-hydrogen) atoms. The summed E-state index contributed by atoms with van der Waals surface area (Å²) in [5.74, 6) is -0.253. The van der Waals surface area contributed by atoms with Crippen LogP contribution in [0.15, 0.2) is 47.6 Å². The van der Waals surface area contributed by atoms with E-state index in [0.29, 0.717) is 19.3 Å². The van der Waals surface area contributed by atoms with Crippen LogP contribution in [0.4, 0.5) is 0 Å². The molecular formula is C29H36O5. The van der Waals surface area contributed by atoms with Gasteiger partial charge in [-0.05, 0) is 81.4 Å². The molecule has 1 aliphatic rings. The summed E-state index contributed by atoms with van der Waals surface area (Å²) in [7, 11) is 1.69. The largest absolute Gasteiger partial charge is 0.496 e.